The molecule has 6 nitrogen and oxygen atoms in total. The largest absolute Gasteiger partial charge is 0.480 e. The van der Waals surface area contributed by atoms with E-state index >= 15 is 0 Å². The van der Waals surface area contributed by atoms with E-state index in [2.05, 4.69) is 5.32 Å². The van der Waals surface area contributed by atoms with Crippen LogP contribution in [0, 0.1) is 11.3 Å². The van der Waals surface area contributed by atoms with Gasteiger partial charge in [0.05, 0.1) is 6.54 Å². The molecule has 0 bridgehead atoms. The molecular weight excluding hydrogens is 248 g/mol. The third-order valence-corrected chi connectivity index (χ3v) is 2.35. The highest BCUT2D eigenvalue weighted by molar-refractivity contribution is 5.88. The summed E-state index contributed by atoms with van der Waals surface area (Å²) in [5.41, 5.74) is -0.573. The van der Waals surface area contributed by atoms with E-state index in [4.69, 9.17) is 5.11 Å². The normalized spacial score (nSPS) is 11.3. The first kappa shape index (κ1) is 17.4. The molecule has 0 aliphatic rings. The molecule has 2 N–H and O–H groups in total. The standard InChI is InChI=1S/C13H24N2O4/c1-9(2)7-15(8-11(17)18)10(16)6-14-12(19)13(3,4)5/h9H,6-8H2,1-5H3,(H,14,19)(H,17,18). The summed E-state index contributed by atoms with van der Waals surface area (Å²) in [5, 5.41) is 11.3. The molecule has 0 aromatic carbocycles. The van der Waals surface area contributed by atoms with Crippen molar-refractivity contribution in [2.75, 3.05) is 19.6 Å². The van der Waals surface area contributed by atoms with Crippen molar-refractivity contribution in [3.05, 3.63) is 0 Å². The molecule has 0 spiro atoms. The van der Waals surface area contributed by atoms with Crippen LogP contribution >= 0.6 is 0 Å². The first-order valence-corrected chi connectivity index (χ1v) is 6.32. The number of hydrogen-bond acceptors (Lipinski definition) is 3. The smallest absolute Gasteiger partial charge is 0.323 e. The van der Waals surface area contributed by atoms with Crippen molar-refractivity contribution < 1.29 is 19.5 Å². The summed E-state index contributed by atoms with van der Waals surface area (Å²) in [5.74, 6) is -1.51. The number of carboxylic acids is 1. The van der Waals surface area contributed by atoms with Gasteiger partial charge in [-0.15, -0.1) is 0 Å². The van der Waals surface area contributed by atoms with E-state index in [9.17, 15) is 14.4 Å². The van der Waals surface area contributed by atoms with Crippen molar-refractivity contribution in [2.45, 2.75) is 34.6 Å². The summed E-state index contributed by atoms with van der Waals surface area (Å²) in [6.07, 6.45) is 0. The molecule has 0 aliphatic carbocycles. The second kappa shape index (κ2) is 7.11. The maximum Gasteiger partial charge on any atom is 0.323 e. The van der Waals surface area contributed by atoms with Crippen molar-refractivity contribution in [1.29, 1.82) is 0 Å². The van der Waals surface area contributed by atoms with Crippen molar-refractivity contribution in [1.82, 2.24) is 10.2 Å². The van der Waals surface area contributed by atoms with Crippen LogP contribution in [-0.2, 0) is 14.4 Å². The van der Waals surface area contributed by atoms with E-state index in [1.807, 2.05) is 13.8 Å². The molecule has 2 amide bonds. The monoisotopic (exact) mass is 272 g/mol. The van der Waals surface area contributed by atoms with Crippen LogP contribution in [0.15, 0.2) is 0 Å². The lowest BCUT2D eigenvalue weighted by molar-refractivity contribution is -0.144. The molecule has 0 aromatic rings. The van der Waals surface area contributed by atoms with Crippen LogP contribution in [0.5, 0.6) is 0 Å². The quantitative estimate of drug-likeness (QED) is 0.746. The lowest BCUT2D eigenvalue weighted by Crippen LogP contribution is -2.46. The van der Waals surface area contributed by atoms with Crippen LogP contribution in [0.3, 0.4) is 0 Å². The average molecular weight is 272 g/mol. The minimum absolute atomic E-state index is 0.168. The second-order valence-electron chi connectivity index (χ2n) is 5.99. The molecule has 0 aliphatic heterocycles. The van der Waals surface area contributed by atoms with Crippen LogP contribution in [0.25, 0.3) is 0 Å². The predicted octanol–water partition coefficient (Wildman–Crippen LogP) is 0.718. The molecular formula is C13H24N2O4. The molecule has 0 rings (SSSR count). The van der Waals surface area contributed by atoms with E-state index in [1.54, 1.807) is 20.8 Å². The molecule has 0 unspecified atom stereocenters. The number of amides is 2. The molecule has 0 atom stereocenters. The van der Waals surface area contributed by atoms with Crippen LogP contribution < -0.4 is 5.32 Å². The maximum absolute atomic E-state index is 11.9. The third-order valence-electron chi connectivity index (χ3n) is 2.35. The zero-order chi connectivity index (χ0) is 15.2. The number of nitrogens with one attached hydrogen (secondary N) is 1. The fraction of sp³-hybridized carbons (Fsp3) is 0.769. The van der Waals surface area contributed by atoms with E-state index in [1.165, 1.54) is 4.90 Å². The summed E-state index contributed by atoms with van der Waals surface area (Å²) >= 11 is 0. The molecule has 19 heavy (non-hydrogen) atoms. The Morgan fingerprint density at radius 3 is 2.11 bits per heavy atom. The number of carbonyl (C=O) groups excluding carboxylic acids is 2. The van der Waals surface area contributed by atoms with Gasteiger partial charge in [0, 0.05) is 12.0 Å². The number of rotatable bonds is 6. The van der Waals surface area contributed by atoms with E-state index in [-0.39, 0.29) is 30.8 Å². The first-order chi connectivity index (χ1) is 8.54. The highest BCUT2D eigenvalue weighted by Gasteiger charge is 2.23. The topological polar surface area (TPSA) is 86.7 Å². The average Bonchev–Trinajstić information content (AvgIpc) is 2.21. The number of carbonyl (C=O) groups is 3. The molecule has 0 aromatic heterocycles. The Morgan fingerprint density at radius 1 is 1.21 bits per heavy atom. The number of nitrogens with zero attached hydrogens (tertiary/aromatic N) is 1. The van der Waals surface area contributed by atoms with Gasteiger partial charge in [0.1, 0.15) is 6.54 Å². The van der Waals surface area contributed by atoms with Crippen LogP contribution in [0.2, 0.25) is 0 Å². The van der Waals surface area contributed by atoms with Crippen molar-refractivity contribution in [3.8, 4) is 0 Å². The lowest BCUT2D eigenvalue weighted by Gasteiger charge is -2.24. The van der Waals surface area contributed by atoms with Crippen molar-refractivity contribution >= 4 is 17.8 Å². The highest BCUT2D eigenvalue weighted by atomic mass is 16.4. The molecule has 0 fully saturated rings. The Hall–Kier alpha value is -1.59. The van der Waals surface area contributed by atoms with Gasteiger partial charge in [-0.3, -0.25) is 14.4 Å². The maximum atomic E-state index is 11.9. The number of hydrogen-bond donors (Lipinski definition) is 2. The Morgan fingerprint density at radius 2 is 1.74 bits per heavy atom. The highest BCUT2D eigenvalue weighted by Crippen LogP contribution is 2.12. The third kappa shape index (κ3) is 7.43. The Labute approximate surface area is 114 Å². The van der Waals surface area contributed by atoms with Gasteiger partial charge in [-0.2, -0.15) is 0 Å². The SMILES string of the molecule is CC(C)CN(CC(=O)O)C(=O)CNC(=O)C(C)(C)C. The summed E-state index contributed by atoms with van der Waals surface area (Å²) < 4.78 is 0. The molecule has 0 radical (unpaired) electrons. The fourth-order valence-corrected chi connectivity index (χ4v) is 1.39. The van der Waals surface area contributed by atoms with E-state index in [0.29, 0.717) is 6.54 Å². The summed E-state index contributed by atoms with van der Waals surface area (Å²) in [4.78, 5) is 35.5. The first-order valence-electron chi connectivity index (χ1n) is 6.32. The predicted molar refractivity (Wildman–Crippen MR) is 71.5 cm³/mol. The Balaban J connectivity index is 4.48. The number of aliphatic carboxylic acids is 1. The Bertz CT molecular complexity index is 345. The zero-order valence-electron chi connectivity index (χ0n) is 12.3. The van der Waals surface area contributed by atoms with Gasteiger partial charge < -0.3 is 15.3 Å². The molecule has 0 saturated carbocycles. The molecule has 0 saturated heterocycles. The Kier molecular flexibility index (Phi) is 6.52. The molecule has 6 heteroatoms. The summed E-state index contributed by atoms with van der Waals surface area (Å²) in [7, 11) is 0. The van der Waals surface area contributed by atoms with Gasteiger partial charge in [-0.25, -0.2) is 0 Å². The van der Waals surface area contributed by atoms with Gasteiger partial charge in [0.2, 0.25) is 11.8 Å². The zero-order valence-corrected chi connectivity index (χ0v) is 12.3. The summed E-state index contributed by atoms with van der Waals surface area (Å²) in [6.45, 7) is 8.88. The molecule has 0 heterocycles. The molecule has 110 valence electrons. The second-order valence-corrected chi connectivity index (χ2v) is 5.99. The summed E-state index contributed by atoms with van der Waals surface area (Å²) in [6, 6.07) is 0. The van der Waals surface area contributed by atoms with Gasteiger partial charge in [0.15, 0.2) is 0 Å². The minimum Gasteiger partial charge on any atom is -0.480 e. The number of carboxylic acid groups (broad SMARTS) is 1. The van der Waals surface area contributed by atoms with E-state index < -0.39 is 11.4 Å². The van der Waals surface area contributed by atoms with Crippen molar-refractivity contribution in [2.24, 2.45) is 11.3 Å². The lowest BCUT2D eigenvalue weighted by atomic mass is 9.96. The fourth-order valence-electron chi connectivity index (χ4n) is 1.39. The van der Waals surface area contributed by atoms with Gasteiger partial charge >= 0.3 is 5.97 Å². The van der Waals surface area contributed by atoms with Crippen LogP contribution in [0.1, 0.15) is 34.6 Å². The van der Waals surface area contributed by atoms with Gasteiger partial charge in [-0.05, 0) is 5.92 Å². The van der Waals surface area contributed by atoms with Crippen LogP contribution in [0.4, 0.5) is 0 Å². The van der Waals surface area contributed by atoms with Gasteiger partial charge in [0.25, 0.3) is 0 Å². The van der Waals surface area contributed by atoms with Crippen LogP contribution in [-0.4, -0.2) is 47.4 Å². The van der Waals surface area contributed by atoms with Gasteiger partial charge in [-0.1, -0.05) is 34.6 Å². The van der Waals surface area contributed by atoms with Crippen molar-refractivity contribution in [3.63, 3.8) is 0 Å². The minimum atomic E-state index is -1.06. The van der Waals surface area contributed by atoms with E-state index in [0.717, 1.165) is 0 Å².